The van der Waals surface area contributed by atoms with E-state index in [1.54, 1.807) is 31.2 Å². The number of esters is 1. The Morgan fingerprint density at radius 2 is 1.87 bits per heavy atom. The molecule has 162 valence electrons. The molecule has 3 rings (SSSR count). The first-order valence-corrected chi connectivity index (χ1v) is 11.4. The van der Waals surface area contributed by atoms with Crippen LogP contribution in [-0.2, 0) is 9.53 Å². The van der Waals surface area contributed by atoms with Gasteiger partial charge in [0.15, 0.2) is 0 Å². The van der Waals surface area contributed by atoms with E-state index in [0.717, 1.165) is 24.3 Å². The van der Waals surface area contributed by atoms with Gasteiger partial charge in [0, 0.05) is 23.8 Å². The molecule has 2 aromatic rings. The van der Waals surface area contributed by atoms with Gasteiger partial charge in [-0.3, -0.25) is 0 Å². The van der Waals surface area contributed by atoms with Gasteiger partial charge in [-0.1, -0.05) is 41.6 Å². The maximum atomic E-state index is 12.5. The van der Waals surface area contributed by atoms with E-state index >= 15 is 0 Å². The van der Waals surface area contributed by atoms with Crippen molar-refractivity contribution in [3.8, 4) is 0 Å². The summed E-state index contributed by atoms with van der Waals surface area (Å²) in [5.41, 5.74) is 2.71. The maximum Gasteiger partial charge on any atom is 0.344 e. The van der Waals surface area contributed by atoms with E-state index in [1.807, 2.05) is 30.3 Å². The quantitative estimate of drug-likeness (QED) is 0.490. The predicted molar refractivity (Wildman–Crippen MR) is 130 cm³/mol. The first kappa shape index (κ1) is 23.0. The number of aliphatic imine (C=N–C) groups is 1. The number of halogens is 1. The first-order chi connectivity index (χ1) is 15.0. The van der Waals surface area contributed by atoms with Crippen LogP contribution in [0.25, 0.3) is 6.08 Å². The molecule has 0 unspecified atom stereocenters. The maximum absolute atomic E-state index is 12.5. The van der Waals surface area contributed by atoms with Crippen molar-refractivity contribution in [2.45, 2.75) is 20.8 Å². The number of carbonyl (C=O) groups is 1. The molecule has 0 aromatic heterocycles. The van der Waals surface area contributed by atoms with Gasteiger partial charge in [0.2, 0.25) is 0 Å². The molecular formula is C24H25ClN2O3S. The van der Waals surface area contributed by atoms with Crippen LogP contribution in [0, 0.1) is 0 Å². The van der Waals surface area contributed by atoms with E-state index in [2.05, 4.69) is 23.7 Å². The fraction of sp³-hybridized carbons (Fsp3) is 0.250. The number of carbonyl (C=O) groups excluding carboxylic acids is 1. The summed E-state index contributed by atoms with van der Waals surface area (Å²) < 4.78 is 5.14. The van der Waals surface area contributed by atoms with Crippen molar-refractivity contribution >= 4 is 51.8 Å². The molecule has 0 radical (unpaired) electrons. The van der Waals surface area contributed by atoms with Crippen LogP contribution in [0.15, 0.2) is 69.8 Å². The molecule has 0 amide bonds. The summed E-state index contributed by atoms with van der Waals surface area (Å²) in [5.74, 6) is -0.731. The van der Waals surface area contributed by atoms with Crippen molar-refractivity contribution in [1.82, 2.24) is 0 Å². The van der Waals surface area contributed by atoms with Crippen molar-refractivity contribution in [3.63, 3.8) is 0 Å². The molecule has 0 bridgehead atoms. The van der Waals surface area contributed by atoms with E-state index in [4.69, 9.17) is 16.3 Å². The van der Waals surface area contributed by atoms with Crippen LogP contribution in [0.5, 0.6) is 0 Å². The molecule has 0 atom stereocenters. The molecule has 7 heteroatoms. The average molecular weight is 457 g/mol. The average Bonchev–Trinajstić information content (AvgIpc) is 3.05. The molecule has 0 aliphatic carbocycles. The highest BCUT2D eigenvalue weighted by Crippen LogP contribution is 2.40. The fourth-order valence-corrected chi connectivity index (χ4v) is 4.40. The second-order valence-electron chi connectivity index (χ2n) is 6.72. The second kappa shape index (κ2) is 10.6. The van der Waals surface area contributed by atoms with Crippen LogP contribution in [0.2, 0.25) is 5.02 Å². The standard InChI is InChI=1S/C24H25ClN2O3S/c1-4-27(5-2)19-12-10-16(11-13-19)14-20-22(28)21(24(29)30-6-3)23(31-20)26-18-9-7-8-17(25)15-18/h7-15,28H,4-6H2,1-3H3. The summed E-state index contributed by atoms with van der Waals surface area (Å²) >= 11 is 7.28. The van der Waals surface area contributed by atoms with Gasteiger partial charge in [-0.05, 0) is 62.7 Å². The van der Waals surface area contributed by atoms with Gasteiger partial charge in [0.1, 0.15) is 16.4 Å². The minimum atomic E-state index is -0.603. The molecule has 0 saturated heterocycles. The van der Waals surface area contributed by atoms with Crippen LogP contribution < -0.4 is 4.90 Å². The number of thioether (sulfide) groups is 1. The number of rotatable bonds is 7. The van der Waals surface area contributed by atoms with Gasteiger partial charge in [0.05, 0.1) is 17.2 Å². The number of benzene rings is 2. The highest BCUT2D eigenvalue weighted by molar-refractivity contribution is 8.18. The molecule has 1 heterocycles. The monoisotopic (exact) mass is 456 g/mol. The Kier molecular flexibility index (Phi) is 7.82. The van der Waals surface area contributed by atoms with Crippen LogP contribution in [0.3, 0.4) is 0 Å². The minimum absolute atomic E-state index is 0.0674. The van der Waals surface area contributed by atoms with Crippen molar-refractivity contribution in [1.29, 1.82) is 0 Å². The number of hydrogen-bond acceptors (Lipinski definition) is 6. The van der Waals surface area contributed by atoms with Crippen molar-refractivity contribution < 1.29 is 14.6 Å². The Hall–Kier alpha value is -2.70. The molecule has 31 heavy (non-hydrogen) atoms. The summed E-state index contributed by atoms with van der Waals surface area (Å²) in [6.07, 6.45) is 1.84. The van der Waals surface area contributed by atoms with Gasteiger partial charge >= 0.3 is 5.97 Å². The highest BCUT2D eigenvalue weighted by Gasteiger charge is 2.33. The van der Waals surface area contributed by atoms with E-state index in [-0.39, 0.29) is 17.9 Å². The molecule has 1 aliphatic heterocycles. The molecule has 5 nitrogen and oxygen atoms in total. The minimum Gasteiger partial charge on any atom is -0.506 e. The van der Waals surface area contributed by atoms with E-state index in [1.165, 1.54) is 11.8 Å². The number of hydrogen-bond donors (Lipinski definition) is 1. The van der Waals surface area contributed by atoms with Gasteiger partial charge in [-0.2, -0.15) is 0 Å². The summed E-state index contributed by atoms with van der Waals surface area (Å²) in [4.78, 5) is 19.8. The van der Waals surface area contributed by atoms with Crippen molar-refractivity contribution in [3.05, 3.63) is 75.4 Å². The first-order valence-electron chi connectivity index (χ1n) is 10.2. The molecule has 0 saturated carbocycles. The fourth-order valence-electron chi connectivity index (χ4n) is 3.18. The van der Waals surface area contributed by atoms with Gasteiger partial charge in [-0.15, -0.1) is 0 Å². The summed E-state index contributed by atoms with van der Waals surface area (Å²) in [6.45, 7) is 8.03. The van der Waals surface area contributed by atoms with Crippen LogP contribution in [-0.4, -0.2) is 35.8 Å². The lowest BCUT2D eigenvalue weighted by atomic mass is 10.1. The number of anilines is 1. The Labute approximate surface area is 192 Å². The Bertz CT molecular complexity index is 1040. The molecule has 1 aliphatic rings. The molecular weight excluding hydrogens is 432 g/mol. The Morgan fingerprint density at radius 1 is 1.16 bits per heavy atom. The van der Waals surface area contributed by atoms with Crippen molar-refractivity contribution in [2.75, 3.05) is 24.6 Å². The SMILES string of the molecule is CCOC(=O)C1=C(O)C(=Cc2ccc(N(CC)CC)cc2)SC1=Nc1cccc(Cl)c1. The molecule has 1 N–H and O–H groups in total. The third-order valence-electron chi connectivity index (χ3n) is 4.73. The Morgan fingerprint density at radius 3 is 2.48 bits per heavy atom. The lowest BCUT2D eigenvalue weighted by molar-refractivity contribution is -0.138. The summed E-state index contributed by atoms with van der Waals surface area (Å²) in [7, 11) is 0. The zero-order chi connectivity index (χ0) is 22.4. The van der Waals surface area contributed by atoms with Crippen LogP contribution in [0.1, 0.15) is 26.3 Å². The van der Waals surface area contributed by atoms with Gasteiger partial charge in [-0.25, -0.2) is 9.79 Å². The number of aliphatic hydroxyl groups is 1. The number of ether oxygens (including phenoxy) is 1. The lowest BCUT2D eigenvalue weighted by Crippen LogP contribution is -2.21. The van der Waals surface area contributed by atoms with E-state index in [9.17, 15) is 9.90 Å². The molecule has 2 aromatic carbocycles. The van der Waals surface area contributed by atoms with E-state index in [0.29, 0.717) is 20.7 Å². The normalized spacial score (nSPS) is 16.3. The summed E-state index contributed by atoms with van der Waals surface area (Å²) in [5, 5.41) is 11.7. The molecule has 0 spiro atoms. The third-order valence-corrected chi connectivity index (χ3v) is 5.98. The zero-order valence-electron chi connectivity index (χ0n) is 17.8. The third kappa shape index (κ3) is 5.51. The highest BCUT2D eigenvalue weighted by atomic mass is 35.5. The Balaban J connectivity index is 1.96. The largest absolute Gasteiger partial charge is 0.506 e. The summed E-state index contributed by atoms with van der Waals surface area (Å²) in [6, 6.07) is 15.1. The smallest absolute Gasteiger partial charge is 0.344 e. The number of nitrogens with zero attached hydrogens (tertiary/aromatic N) is 2. The topological polar surface area (TPSA) is 62.1 Å². The van der Waals surface area contributed by atoms with Crippen LogP contribution >= 0.6 is 23.4 Å². The van der Waals surface area contributed by atoms with Crippen LogP contribution in [0.4, 0.5) is 11.4 Å². The predicted octanol–water partition coefficient (Wildman–Crippen LogP) is 6.38. The van der Waals surface area contributed by atoms with Gasteiger partial charge < -0.3 is 14.7 Å². The van der Waals surface area contributed by atoms with E-state index < -0.39 is 5.97 Å². The molecule has 0 fully saturated rings. The zero-order valence-corrected chi connectivity index (χ0v) is 19.3. The van der Waals surface area contributed by atoms with Crippen molar-refractivity contribution in [2.24, 2.45) is 4.99 Å². The lowest BCUT2D eigenvalue weighted by Gasteiger charge is -2.20. The second-order valence-corrected chi connectivity index (χ2v) is 8.18. The number of aliphatic hydroxyl groups excluding tert-OH is 1. The van der Waals surface area contributed by atoms with Gasteiger partial charge in [0.25, 0.3) is 0 Å².